The first-order chi connectivity index (χ1) is 15.0. The van der Waals surface area contributed by atoms with Gasteiger partial charge in [0.2, 0.25) is 0 Å². The Kier molecular flexibility index (Phi) is 6.51. The minimum absolute atomic E-state index is 0.157. The first-order valence-electron chi connectivity index (χ1n) is 11.1. The SMILES string of the molecule is CCc1ccc(CN2CCc3nnc(C(NC(=O)c4ccoc4)C(C)C)n3CC2)cc1. The number of nitrogens with zero attached hydrogens (tertiary/aromatic N) is 4. The molecule has 3 heterocycles. The van der Waals surface area contributed by atoms with E-state index in [0.29, 0.717) is 5.56 Å². The van der Waals surface area contributed by atoms with Crippen LogP contribution >= 0.6 is 0 Å². The number of aryl methyl sites for hydroxylation is 1. The molecule has 1 atom stereocenters. The fourth-order valence-electron chi connectivity index (χ4n) is 4.06. The van der Waals surface area contributed by atoms with E-state index < -0.39 is 0 Å². The van der Waals surface area contributed by atoms with Crippen LogP contribution in [0.25, 0.3) is 0 Å². The molecule has 0 bridgehead atoms. The molecule has 0 saturated carbocycles. The van der Waals surface area contributed by atoms with Gasteiger partial charge in [0.15, 0.2) is 5.82 Å². The molecular formula is C24H31N5O2. The van der Waals surface area contributed by atoms with Crippen molar-refractivity contribution in [3.63, 3.8) is 0 Å². The number of carbonyl (C=O) groups excluding carboxylic acids is 1. The fraction of sp³-hybridized carbons (Fsp3) is 0.458. The van der Waals surface area contributed by atoms with Gasteiger partial charge in [-0.2, -0.15) is 0 Å². The molecule has 164 valence electrons. The minimum Gasteiger partial charge on any atom is -0.472 e. The van der Waals surface area contributed by atoms with Crippen molar-refractivity contribution in [2.24, 2.45) is 5.92 Å². The Bertz CT molecular complexity index is 992. The van der Waals surface area contributed by atoms with Crippen molar-refractivity contribution in [1.82, 2.24) is 25.0 Å². The Morgan fingerprint density at radius 3 is 2.55 bits per heavy atom. The van der Waals surface area contributed by atoms with Gasteiger partial charge in [0.25, 0.3) is 5.91 Å². The van der Waals surface area contributed by atoms with Crippen LogP contribution in [0.1, 0.15) is 59.9 Å². The van der Waals surface area contributed by atoms with Gasteiger partial charge in [0.1, 0.15) is 12.1 Å². The zero-order valence-electron chi connectivity index (χ0n) is 18.5. The molecule has 0 radical (unpaired) electrons. The maximum atomic E-state index is 12.6. The van der Waals surface area contributed by atoms with Crippen LogP contribution in [0.2, 0.25) is 0 Å². The number of fused-ring (bicyclic) bond motifs is 1. The number of nitrogens with one attached hydrogen (secondary N) is 1. The lowest BCUT2D eigenvalue weighted by Crippen LogP contribution is -2.34. The third-order valence-corrected chi connectivity index (χ3v) is 6.00. The molecule has 1 amide bonds. The lowest BCUT2D eigenvalue weighted by molar-refractivity contribution is 0.0921. The highest BCUT2D eigenvalue weighted by Crippen LogP contribution is 2.23. The first-order valence-corrected chi connectivity index (χ1v) is 11.1. The van der Waals surface area contributed by atoms with Crippen LogP contribution in [-0.4, -0.2) is 38.7 Å². The van der Waals surface area contributed by atoms with Gasteiger partial charge < -0.3 is 14.3 Å². The van der Waals surface area contributed by atoms with Crippen LogP contribution in [0, 0.1) is 5.92 Å². The summed E-state index contributed by atoms with van der Waals surface area (Å²) in [5.74, 6) is 1.84. The zero-order chi connectivity index (χ0) is 21.8. The van der Waals surface area contributed by atoms with E-state index in [0.717, 1.165) is 50.7 Å². The Balaban J connectivity index is 1.46. The van der Waals surface area contributed by atoms with Gasteiger partial charge in [0, 0.05) is 32.6 Å². The predicted octanol–water partition coefficient (Wildman–Crippen LogP) is 3.62. The highest BCUT2D eigenvalue weighted by atomic mass is 16.3. The number of rotatable bonds is 7. The van der Waals surface area contributed by atoms with Crippen LogP contribution < -0.4 is 5.32 Å². The van der Waals surface area contributed by atoms with E-state index >= 15 is 0 Å². The molecule has 1 N–H and O–H groups in total. The van der Waals surface area contributed by atoms with Crippen molar-refractivity contribution in [3.05, 3.63) is 71.2 Å². The summed E-state index contributed by atoms with van der Waals surface area (Å²) in [6.45, 7) is 9.97. The lowest BCUT2D eigenvalue weighted by Gasteiger charge is -2.23. The molecule has 1 aliphatic rings. The highest BCUT2D eigenvalue weighted by Gasteiger charge is 2.28. The monoisotopic (exact) mass is 421 g/mol. The third-order valence-electron chi connectivity index (χ3n) is 6.00. The lowest BCUT2D eigenvalue weighted by atomic mass is 10.0. The normalized spacial score (nSPS) is 15.5. The molecular weight excluding hydrogens is 390 g/mol. The molecule has 0 fully saturated rings. The van der Waals surface area contributed by atoms with Gasteiger partial charge in [-0.1, -0.05) is 45.0 Å². The number of hydrogen-bond donors (Lipinski definition) is 1. The zero-order valence-corrected chi connectivity index (χ0v) is 18.5. The maximum Gasteiger partial charge on any atom is 0.255 e. The molecule has 2 aromatic heterocycles. The molecule has 0 spiro atoms. The number of furan rings is 1. The van der Waals surface area contributed by atoms with Gasteiger partial charge in [-0.3, -0.25) is 9.69 Å². The summed E-state index contributed by atoms with van der Waals surface area (Å²) in [6, 6.07) is 10.4. The van der Waals surface area contributed by atoms with E-state index in [2.05, 4.69) is 70.0 Å². The molecule has 7 heteroatoms. The summed E-state index contributed by atoms with van der Waals surface area (Å²) in [5.41, 5.74) is 3.22. The van der Waals surface area contributed by atoms with Gasteiger partial charge in [-0.05, 0) is 29.5 Å². The molecule has 1 aromatic carbocycles. The summed E-state index contributed by atoms with van der Waals surface area (Å²) in [6.07, 6.45) is 4.88. The number of aromatic nitrogens is 3. The third kappa shape index (κ3) is 4.88. The summed E-state index contributed by atoms with van der Waals surface area (Å²) >= 11 is 0. The summed E-state index contributed by atoms with van der Waals surface area (Å²) in [7, 11) is 0. The average Bonchev–Trinajstić information content (AvgIpc) is 3.40. The predicted molar refractivity (Wildman–Crippen MR) is 119 cm³/mol. The Morgan fingerprint density at radius 2 is 1.87 bits per heavy atom. The van der Waals surface area contributed by atoms with Crippen molar-refractivity contribution < 1.29 is 9.21 Å². The van der Waals surface area contributed by atoms with Gasteiger partial charge in [-0.25, -0.2) is 0 Å². The second kappa shape index (κ2) is 9.47. The molecule has 1 unspecified atom stereocenters. The van der Waals surface area contributed by atoms with Crippen LogP contribution in [0.3, 0.4) is 0 Å². The summed E-state index contributed by atoms with van der Waals surface area (Å²) in [5, 5.41) is 12.1. The summed E-state index contributed by atoms with van der Waals surface area (Å²) in [4.78, 5) is 15.1. The largest absolute Gasteiger partial charge is 0.472 e. The molecule has 7 nitrogen and oxygen atoms in total. The van der Waals surface area contributed by atoms with Crippen molar-refractivity contribution in [1.29, 1.82) is 0 Å². The van der Waals surface area contributed by atoms with Gasteiger partial charge in [0.05, 0.1) is 17.9 Å². The van der Waals surface area contributed by atoms with Crippen LogP contribution in [0.5, 0.6) is 0 Å². The topological polar surface area (TPSA) is 76.2 Å². The fourth-order valence-corrected chi connectivity index (χ4v) is 4.06. The van der Waals surface area contributed by atoms with Gasteiger partial charge >= 0.3 is 0 Å². The van der Waals surface area contributed by atoms with E-state index in [1.54, 1.807) is 6.07 Å². The molecule has 0 saturated heterocycles. The van der Waals surface area contributed by atoms with Crippen LogP contribution in [-0.2, 0) is 25.9 Å². The number of carbonyl (C=O) groups is 1. The second-order valence-electron chi connectivity index (χ2n) is 8.53. The second-order valence-corrected chi connectivity index (χ2v) is 8.53. The summed E-state index contributed by atoms with van der Waals surface area (Å²) < 4.78 is 7.24. The molecule has 3 aromatic rings. The van der Waals surface area contributed by atoms with E-state index in [9.17, 15) is 4.79 Å². The number of amides is 1. The van der Waals surface area contributed by atoms with E-state index in [1.165, 1.54) is 23.7 Å². The van der Waals surface area contributed by atoms with Crippen molar-refractivity contribution >= 4 is 5.91 Å². The molecule has 31 heavy (non-hydrogen) atoms. The standard InChI is InChI=1S/C24H31N5O2/c1-4-18-5-7-19(8-6-18)15-28-11-9-21-26-27-23(29(21)13-12-28)22(17(2)3)25-24(30)20-10-14-31-16-20/h5-8,10,14,16-17,22H,4,9,11-13,15H2,1-3H3,(H,25,30). The minimum atomic E-state index is -0.211. The van der Waals surface area contributed by atoms with Crippen molar-refractivity contribution in [3.8, 4) is 0 Å². The van der Waals surface area contributed by atoms with Crippen molar-refractivity contribution in [2.45, 2.75) is 52.7 Å². The quantitative estimate of drug-likeness (QED) is 0.631. The van der Waals surface area contributed by atoms with Crippen molar-refractivity contribution in [2.75, 3.05) is 13.1 Å². The van der Waals surface area contributed by atoms with Gasteiger partial charge in [-0.15, -0.1) is 10.2 Å². The Hall–Kier alpha value is -2.93. The first kappa shape index (κ1) is 21.3. The van der Waals surface area contributed by atoms with Crippen LogP contribution in [0.15, 0.2) is 47.3 Å². The molecule has 4 rings (SSSR count). The van der Waals surface area contributed by atoms with E-state index in [1.807, 2.05) is 0 Å². The maximum absolute atomic E-state index is 12.6. The Morgan fingerprint density at radius 1 is 1.10 bits per heavy atom. The smallest absolute Gasteiger partial charge is 0.255 e. The number of hydrogen-bond acceptors (Lipinski definition) is 5. The average molecular weight is 422 g/mol. The van der Waals surface area contributed by atoms with E-state index in [-0.39, 0.29) is 17.9 Å². The van der Waals surface area contributed by atoms with Crippen LogP contribution in [0.4, 0.5) is 0 Å². The Labute approximate surface area is 183 Å². The molecule has 0 aliphatic carbocycles. The highest BCUT2D eigenvalue weighted by molar-refractivity contribution is 5.94. The molecule has 1 aliphatic heterocycles. The van der Waals surface area contributed by atoms with E-state index in [4.69, 9.17) is 4.42 Å². The number of benzene rings is 1.